The summed E-state index contributed by atoms with van der Waals surface area (Å²) in [7, 11) is 3.50. The van der Waals surface area contributed by atoms with Crippen molar-refractivity contribution in [3.63, 3.8) is 0 Å². The van der Waals surface area contributed by atoms with Crippen LogP contribution in [0.5, 0.6) is 0 Å². The van der Waals surface area contributed by atoms with Crippen molar-refractivity contribution in [1.82, 2.24) is 9.78 Å². The number of aromatic nitrogens is 2. The van der Waals surface area contributed by atoms with E-state index in [1.807, 2.05) is 27.0 Å². The average Bonchev–Trinajstić information content (AvgIpc) is 2.73. The van der Waals surface area contributed by atoms with Crippen molar-refractivity contribution in [3.8, 4) is 0 Å². The summed E-state index contributed by atoms with van der Waals surface area (Å²) in [5.41, 5.74) is 1.34. The third kappa shape index (κ3) is 2.80. The Bertz CT molecular complexity index is 398. The summed E-state index contributed by atoms with van der Waals surface area (Å²) in [5.74, 6) is 0.139. The molecule has 0 aliphatic carbocycles. The maximum atomic E-state index is 12.4. The van der Waals surface area contributed by atoms with Gasteiger partial charge in [0.15, 0.2) is 5.78 Å². The molecule has 4 heteroatoms. The number of ketones is 1. The second-order valence-electron chi connectivity index (χ2n) is 4.61. The Balaban J connectivity index is 2.89. The standard InChI is InChI=1S/C14H24N2O2/c1-6-11-9-12(16(4)15-11)10-13(17)14(7-2,8-3)18-5/h9H,6-8,10H2,1-5H3. The molecule has 0 fully saturated rings. The lowest BCUT2D eigenvalue weighted by atomic mass is 9.89. The highest BCUT2D eigenvalue weighted by atomic mass is 16.5. The second-order valence-corrected chi connectivity index (χ2v) is 4.61. The van der Waals surface area contributed by atoms with Crippen LogP contribution >= 0.6 is 0 Å². The van der Waals surface area contributed by atoms with Gasteiger partial charge in [-0.3, -0.25) is 9.48 Å². The molecule has 0 saturated heterocycles. The summed E-state index contributed by atoms with van der Waals surface area (Å²) >= 11 is 0. The minimum absolute atomic E-state index is 0.139. The molecule has 0 aliphatic heterocycles. The SMILES string of the molecule is CCc1cc(CC(=O)C(CC)(CC)OC)n(C)n1. The van der Waals surface area contributed by atoms with Gasteiger partial charge >= 0.3 is 0 Å². The van der Waals surface area contributed by atoms with Crippen molar-refractivity contribution in [2.45, 2.75) is 52.1 Å². The van der Waals surface area contributed by atoms with Crippen LogP contribution in [0.4, 0.5) is 0 Å². The minimum atomic E-state index is -0.642. The van der Waals surface area contributed by atoms with E-state index in [-0.39, 0.29) is 5.78 Å². The highest BCUT2D eigenvalue weighted by molar-refractivity contribution is 5.88. The van der Waals surface area contributed by atoms with Gasteiger partial charge < -0.3 is 4.74 Å². The van der Waals surface area contributed by atoms with E-state index in [1.54, 1.807) is 11.8 Å². The van der Waals surface area contributed by atoms with Crippen LogP contribution in [0.1, 0.15) is 45.0 Å². The molecule has 0 amide bonds. The smallest absolute Gasteiger partial charge is 0.170 e. The summed E-state index contributed by atoms with van der Waals surface area (Å²) in [6.07, 6.45) is 2.69. The largest absolute Gasteiger partial charge is 0.370 e. The van der Waals surface area contributed by atoms with Crippen LogP contribution in [0.3, 0.4) is 0 Å². The van der Waals surface area contributed by atoms with Gasteiger partial charge in [-0.15, -0.1) is 0 Å². The molecule has 0 saturated carbocycles. The first-order valence-corrected chi connectivity index (χ1v) is 6.63. The first kappa shape index (κ1) is 14.9. The molecule has 4 nitrogen and oxygen atoms in total. The third-order valence-corrected chi connectivity index (χ3v) is 3.77. The van der Waals surface area contributed by atoms with E-state index < -0.39 is 5.60 Å². The van der Waals surface area contributed by atoms with Crippen molar-refractivity contribution in [2.24, 2.45) is 7.05 Å². The van der Waals surface area contributed by atoms with Crippen LogP contribution in [-0.2, 0) is 29.4 Å². The van der Waals surface area contributed by atoms with E-state index in [0.29, 0.717) is 19.3 Å². The van der Waals surface area contributed by atoms with Crippen LogP contribution in [0.15, 0.2) is 6.07 Å². The fourth-order valence-corrected chi connectivity index (χ4v) is 2.28. The predicted octanol–water partition coefficient (Wildman–Crippen LogP) is 2.30. The molecule has 0 radical (unpaired) electrons. The van der Waals surface area contributed by atoms with Gasteiger partial charge in [-0.2, -0.15) is 5.10 Å². The summed E-state index contributed by atoms with van der Waals surface area (Å²) in [4.78, 5) is 12.4. The molecular formula is C14H24N2O2. The average molecular weight is 252 g/mol. The van der Waals surface area contributed by atoms with Crippen LogP contribution in [0, 0.1) is 0 Å². The third-order valence-electron chi connectivity index (χ3n) is 3.77. The predicted molar refractivity (Wildman–Crippen MR) is 71.6 cm³/mol. The molecule has 1 aromatic heterocycles. The number of hydrogen-bond acceptors (Lipinski definition) is 3. The monoisotopic (exact) mass is 252 g/mol. The summed E-state index contributed by atoms with van der Waals surface area (Å²) < 4.78 is 7.26. The van der Waals surface area contributed by atoms with Gasteiger partial charge in [-0.1, -0.05) is 20.8 Å². The van der Waals surface area contributed by atoms with Gasteiger partial charge in [0.05, 0.1) is 12.1 Å². The number of methoxy groups -OCH3 is 1. The molecule has 102 valence electrons. The molecule has 1 heterocycles. The maximum Gasteiger partial charge on any atom is 0.170 e. The number of aryl methyl sites for hydroxylation is 2. The Labute approximate surface area is 109 Å². The number of carbonyl (C=O) groups excluding carboxylic acids is 1. The number of rotatable bonds is 7. The van der Waals surface area contributed by atoms with E-state index in [9.17, 15) is 4.79 Å². The lowest BCUT2D eigenvalue weighted by Gasteiger charge is -2.28. The summed E-state index contributed by atoms with van der Waals surface area (Å²) in [5, 5.41) is 4.37. The van der Waals surface area contributed by atoms with E-state index >= 15 is 0 Å². The Morgan fingerprint density at radius 3 is 2.39 bits per heavy atom. The highest BCUT2D eigenvalue weighted by Crippen LogP contribution is 2.23. The van der Waals surface area contributed by atoms with E-state index in [4.69, 9.17) is 4.74 Å². The van der Waals surface area contributed by atoms with Crippen LogP contribution in [-0.4, -0.2) is 28.3 Å². The van der Waals surface area contributed by atoms with Gasteiger partial charge in [0.2, 0.25) is 0 Å². The molecule has 18 heavy (non-hydrogen) atoms. The topological polar surface area (TPSA) is 44.1 Å². The molecule has 0 atom stereocenters. The fourth-order valence-electron chi connectivity index (χ4n) is 2.28. The van der Waals surface area contributed by atoms with Gasteiger partial charge in [0.1, 0.15) is 5.60 Å². The molecule has 0 spiro atoms. The Morgan fingerprint density at radius 1 is 1.39 bits per heavy atom. The highest BCUT2D eigenvalue weighted by Gasteiger charge is 2.34. The van der Waals surface area contributed by atoms with Crippen LogP contribution in [0.2, 0.25) is 0 Å². The summed E-state index contributed by atoms with van der Waals surface area (Å²) in [6, 6.07) is 2.00. The van der Waals surface area contributed by atoms with Crippen molar-refractivity contribution in [3.05, 3.63) is 17.5 Å². The Hall–Kier alpha value is -1.16. The van der Waals surface area contributed by atoms with Gasteiger partial charge in [-0.25, -0.2) is 0 Å². The molecule has 0 bridgehead atoms. The Kier molecular flexibility index (Phi) is 5.08. The van der Waals surface area contributed by atoms with Gasteiger partial charge in [0, 0.05) is 19.9 Å². The zero-order chi connectivity index (χ0) is 13.8. The van der Waals surface area contributed by atoms with Crippen molar-refractivity contribution in [2.75, 3.05) is 7.11 Å². The van der Waals surface area contributed by atoms with Crippen molar-refractivity contribution in [1.29, 1.82) is 0 Å². The number of ether oxygens (including phenoxy) is 1. The van der Waals surface area contributed by atoms with Gasteiger partial charge in [0.25, 0.3) is 0 Å². The zero-order valence-electron chi connectivity index (χ0n) is 12.1. The maximum absolute atomic E-state index is 12.4. The van der Waals surface area contributed by atoms with Gasteiger partial charge in [-0.05, 0) is 25.3 Å². The molecular weight excluding hydrogens is 228 g/mol. The first-order chi connectivity index (χ1) is 8.52. The molecule has 0 aromatic carbocycles. The van der Waals surface area contributed by atoms with Crippen molar-refractivity contribution >= 4 is 5.78 Å². The first-order valence-electron chi connectivity index (χ1n) is 6.63. The van der Waals surface area contributed by atoms with Crippen molar-refractivity contribution < 1.29 is 9.53 Å². The fraction of sp³-hybridized carbons (Fsp3) is 0.714. The summed E-state index contributed by atoms with van der Waals surface area (Å²) in [6.45, 7) is 6.04. The number of hydrogen-bond donors (Lipinski definition) is 0. The second kappa shape index (κ2) is 6.14. The van der Waals surface area contributed by atoms with Crippen LogP contribution in [0.25, 0.3) is 0 Å². The lowest BCUT2D eigenvalue weighted by Crippen LogP contribution is -2.40. The molecule has 0 N–H and O–H groups in total. The lowest BCUT2D eigenvalue weighted by molar-refractivity contribution is -0.141. The zero-order valence-corrected chi connectivity index (χ0v) is 12.1. The number of carbonyl (C=O) groups is 1. The van der Waals surface area contributed by atoms with E-state index in [0.717, 1.165) is 17.8 Å². The van der Waals surface area contributed by atoms with E-state index in [1.165, 1.54) is 0 Å². The van der Waals surface area contributed by atoms with Crippen LogP contribution < -0.4 is 0 Å². The molecule has 0 aliphatic rings. The van der Waals surface area contributed by atoms with E-state index in [2.05, 4.69) is 12.0 Å². The number of Topliss-reactive ketones (excluding diaryl/α,β-unsaturated/α-hetero) is 1. The molecule has 1 aromatic rings. The Morgan fingerprint density at radius 2 is 2.00 bits per heavy atom. The molecule has 0 unspecified atom stereocenters. The quantitative estimate of drug-likeness (QED) is 0.748. The normalized spacial score (nSPS) is 11.8. The minimum Gasteiger partial charge on any atom is -0.370 e. The molecule has 1 rings (SSSR count). The number of nitrogens with zero attached hydrogens (tertiary/aromatic N) is 2.